The monoisotopic (exact) mass is 442 g/mol. The summed E-state index contributed by atoms with van der Waals surface area (Å²) < 4.78 is 5.60. The Morgan fingerprint density at radius 1 is 1.12 bits per heavy atom. The summed E-state index contributed by atoms with van der Waals surface area (Å²) in [5.74, 6) is -1.44. The number of phenols is 1. The number of carboxylic acids is 1. The Kier molecular flexibility index (Phi) is 7.97. The second-order valence-corrected chi connectivity index (χ2v) is 8.43. The van der Waals surface area contributed by atoms with E-state index in [-0.39, 0.29) is 29.2 Å². The fraction of sp³-hybridized carbons (Fsp3) is 0.417. The van der Waals surface area contributed by atoms with E-state index in [1.165, 1.54) is 18.2 Å². The van der Waals surface area contributed by atoms with Gasteiger partial charge in [-0.25, -0.2) is 4.79 Å². The van der Waals surface area contributed by atoms with Crippen LogP contribution in [0.15, 0.2) is 41.6 Å². The smallest absolute Gasteiger partial charge is 0.339 e. The molecule has 0 aliphatic heterocycles. The fourth-order valence-electron chi connectivity index (χ4n) is 3.41. The number of anilines is 1. The molecule has 0 radical (unpaired) electrons. The molecule has 2 aromatic rings. The number of carbonyl (C=O) groups excluding carboxylic acids is 1. The van der Waals surface area contributed by atoms with Crippen LogP contribution >= 0.6 is 0 Å². The minimum atomic E-state index is -1.25. The number of aromatic carboxylic acids is 1. The summed E-state index contributed by atoms with van der Waals surface area (Å²) in [6, 6.07) is 8.46. The molecule has 0 aliphatic rings. The third-order valence-corrected chi connectivity index (χ3v) is 5.16. The van der Waals surface area contributed by atoms with Crippen LogP contribution in [0.3, 0.4) is 0 Å². The highest BCUT2D eigenvalue weighted by Gasteiger charge is 2.26. The number of amides is 1. The van der Waals surface area contributed by atoms with Crippen LogP contribution in [0, 0.1) is 4.91 Å². The Morgan fingerprint density at radius 3 is 2.31 bits per heavy atom. The molecule has 0 saturated carbocycles. The molecule has 32 heavy (non-hydrogen) atoms. The molecule has 1 amide bonds. The van der Waals surface area contributed by atoms with Gasteiger partial charge in [-0.05, 0) is 41.7 Å². The molecule has 0 spiro atoms. The van der Waals surface area contributed by atoms with Crippen molar-refractivity contribution in [2.75, 3.05) is 18.1 Å². The van der Waals surface area contributed by atoms with Gasteiger partial charge in [0.1, 0.15) is 23.7 Å². The van der Waals surface area contributed by atoms with E-state index in [0.29, 0.717) is 18.5 Å². The van der Waals surface area contributed by atoms with E-state index in [2.05, 4.69) is 5.18 Å². The number of benzene rings is 2. The molecule has 8 heteroatoms. The fourth-order valence-corrected chi connectivity index (χ4v) is 3.41. The highest BCUT2D eigenvalue weighted by Crippen LogP contribution is 2.35. The maximum atomic E-state index is 12.4. The summed E-state index contributed by atoms with van der Waals surface area (Å²) in [4.78, 5) is 36.8. The summed E-state index contributed by atoms with van der Waals surface area (Å²) in [6.07, 6.45) is 0.388. The van der Waals surface area contributed by atoms with Gasteiger partial charge in [-0.15, -0.1) is 0 Å². The molecule has 2 rings (SSSR count). The van der Waals surface area contributed by atoms with Gasteiger partial charge in [0.2, 0.25) is 5.91 Å². The molecule has 0 aromatic heterocycles. The molecular weight excluding hydrogens is 412 g/mol. The van der Waals surface area contributed by atoms with Gasteiger partial charge in [0.05, 0.1) is 0 Å². The first-order chi connectivity index (χ1) is 15.0. The Balaban J connectivity index is 2.34. The number of aromatic hydroxyl groups is 1. The molecule has 0 saturated heterocycles. The van der Waals surface area contributed by atoms with Crippen molar-refractivity contribution >= 4 is 17.6 Å². The predicted molar refractivity (Wildman–Crippen MR) is 123 cm³/mol. The second kappa shape index (κ2) is 10.3. The zero-order valence-corrected chi connectivity index (χ0v) is 19.1. The lowest BCUT2D eigenvalue weighted by Crippen LogP contribution is -2.32. The molecule has 2 aromatic carbocycles. The van der Waals surface area contributed by atoms with E-state index in [1.54, 1.807) is 11.0 Å². The Morgan fingerprint density at radius 2 is 1.81 bits per heavy atom. The van der Waals surface area contributed by atoms with Crippen LogP contribution in [0.1, 0.15) is 68.6 Å². The van der Waals surface area contributed by atoms with Gasteiger partial charge in [-0.3, -0.25) is 4.79 Å². The molecule has 0 fully saturated rings. The first-order valence-electron chi connectivity index (χ1n) is 10.5. The van der Waals surface area contributed by atoms with Crippen LogP contribution in [-0.2, 0) is 10.2 Å². The summed E-state index contributed by atoms with van der Waals surface area (Å²) >= 11 is 0. The summed E-state index contributed by atoms with van der Waals surface area (Å²) in [5, 5.41) is 22.0. The summed E-state index contributed by atoms with van der Waals surface area (Å²) in [5.41, 5.74) is 1.82. The normalized spacial score (nSPS) is 12.2. The van der Waals surface area contributed by atoms with Crippen LogP contribution in [0.2, 0.25) is 0 Å². The maximum Gasteiger partial charge on any atom is 0.339 e. The number of carbonyl (C=O) groups is 2. The van der Waals surface area contributed by atoms with Crippen molar-refractivity contribution in [2.24, 2.45) is 5.18 Å². The Labute approximate surface area is 187 Å². The van der Waals surface area contributed by atoms with Gasteiger partial charge in [-0.2, -0.15) is 4.91 Å². The van der Waals surface area contributed by atoms with Crippen LogP contribution < -0.4 is 9.64 Å². The van der Waals surface area contributed by atoms with Crippen molar-refractivity contribution in [3.8, 4) is 11.5 Å². The zero-order valence-electron chi connectivity index (χ0n) is 19.1. The Bertz CT molecular complexity index is 996. The predicted octanol–water partition coefficient (Wildman–Crippen LogP) is 5.04. The van der Waals surface area contributed by atoms with Crippen LogP contribution in [0.5, 0.6) is 11.5 Å². The third-order valence-electron chi connectivity index (χ3n) is 5.16. The standard InChI is InChI=1S/C24H30N2O6/c1-6-22(28)26(7-2)20-11-8-15(12-18(20)24(3,4)5)19(25-31)14-32-16-9-10-17(23(29)30)21(27)13-16/h8-13,19,27H,6-7,14H2,1-5H3,(H,29,30). The number of hydrogen-bond donors (Lipinski definition) is 2. The molecule has 2 N–H and O–H groups in total. The van der Waals surface area contributed by atoms with E-state index in [9.17, 15) is 19.6 Å². The van der Waals surface area contributed by atoms with Crippen molar-refractivity contribution < 1.29 is 24.5 Å². The summed E-state index contributed by atoms with van der Waals surface area (Å²) in [6.45, 7) is 10.3. The van der Waals surface area contributed by atoms with Gasteiger partial charge in [0.25, 0.3) is 0 Å². The number of rotatable bonds is 9. The van der Waals surface area contributed by atoms with E-state index in [0.717, 1.165) is 11.3 Å². The van der Waals surface area contributed by atoms with Crippen molar-refractivity contribution in [3.05, 3.63) is 58.0 Å². The van der Waals surface area contributed by atoms with E-state index >= 15 is 0 Å². The molecular formula is C24H30N2O6. The van der Waals surface area contributed by atoms with Gasteiger partial charge in [0.15, 0.2) is 6.04 Å². The SMILES string of the molecule is CCC(=O)N(CC)c1ccc(C(COc2ccc(C(=O)O)c(O)c2)N=O)cc1C(C)(C)C. The van der Waals surface area contributed by atoms with Crippen molar-refractivity contribution in [2.45, 2.75) is 52.5 Å². The number of carboxylic acid groups (broad SMARTS) is 1. The lowest BCUT2D eigenvalue weighted by atomic mass is 9.83. The van der Waals surface area contributed by atoms with Gasteiger partial charge in [-0.1, -0.05) is 45.0 Å². The Hall–Kier alpha value is -3.42. The highest BCUT2D eigenvalue weighted by molar-refractivity contribution is 5.94. The first-order valence-corrected chi connectivity index (χ1v) is 10.5. The minimum Gasteiger partial charge on any atom is -0.507 e. The van der Waals surface area contributed by atoms with Crippen molar-refractivity contribution in [3.63, 3.8) is 0 Å². The number of hydrogen-bond acceptors (Lipinski definition) is 6. The third kappa shape index (κ3) is 5.63. The average Bonchev–Trinajstić information content (AvgIpc) is 2.74. The van der Waals surface area contributed by atoms with Crippen molar-refractivity contribution in [1.82, 2.24) is 0 Å². The quantitative estimate of drug-likeness (QED) is 0.526. The average molecular weight is 443 g/mol. The molecule has 1 atom stereocenters. The first kappa shape index (κ1) is 24.8. The van der Waals surface area contributed by atoms with Crippen molar-refractivity contribution in [1.29, 1.82) is 0 Å². The van der Waals surface area contributed by atoms with Gasteiger partial charge >= 0.3 is 5.97 Å². The topological polar surface area (TPSA) is 116 Å². The maximum absolute atomic E-state index is 12.4. The summed E-state index contributed by atoms with van der Waals surface area (Å²) in [7, 11) is 0. The highest BCUT2D eigenvalue weighted by atomic mass is 16.5. The van der Waals surface area contributed by atoms with Gasteiger partial charge in [0, 0.05) is 24.7 Å². The molecule has 1 unspecified atom stereocenters. The van der Waals surface area contributed by atoms with Crippen LogP contribution in [0.25, 0.3) is 0 Å². The molecule has 172 valence electrons. The number of nitrogens with zero attached hydrogens (tertiary/aromatic N) is 2. The van der Waals surface area contributed by atoms with E-state index in [1.807, 2.05) is 46.8 Å². The van der Waals surface area contributed by atoms with Crippen LogP contribution in [0.4, 0.5) is 5.69 Å². The molecule has 8 nitrogen and oxygen atoms in total. The van der Waals surface area contributed by atoms with Crippen LogP contribution in [-0.4, -0.2) is 35.2 Å². The number of ether oxygens (including phenoxy) is 1. The molecule has 0 bridgehead atoms. The van der Waals surface area contributed by atoms with E-state index in [4.69, 9.17) is 9.84 Å². The lowest BCUT2D eigenvalue weighted by molar-refractivity contribution is -0.118. The lowest BCUT2D eigenvalue weighted by Gasteiger charge is -2.30. The molecule has 0 heterocycles. The molecule has 0 aliphatic carbocycles. The minimum absolute atomic E-state index is 0.0174. The number of nitroso groups, excluding NO2 is 1. The largest absolute Gasteiger partial charge is 0.507 e. The second-order valence-electron chi connectivity index (χ2n) is 8.43. The zero-order chi connectivity index (χ0) is 24.1. The van der Waals surface area contributed by atoms with Gasteiger partial charge < -0.3 is 19.8 Å². The van der Waals surface area contributed by atoms with E-state index < -0.39 is 17.8 Å².